The topological polar surface area (TPSA) is 12.4 Å². The average Bonchev–Trinajstić information content (AvgIpc) is 2.62. The van der Waals surface area contributed by atoms with E-state index < -0.39 is 0 Å². The van der Waals surface area contributed by atoms with Crippen LogP contribution in [-0.2, 0) is 25.5 Å². The molecule has 0 fully saturated rings. The van der Waals surface area contributed by atoms with Crippen LogP contribution >= 0.6 is 0 Å². The summed E-state index contributed by atoms with van der Waals surface area (Å²) in [5, 5.41) is 0. The van der Waals surface area contributed by atoms with Gasteiger partial charge in [0, 0.05) is 31.3 Å². The third-order valence-electron chi connectivity index (χ3n) is 3.42. The molecule has 3 heteroatoms. The zero-order valence-corrected chi connectivity index (χ0v) is 13.1. The molecule has 0 amide bonds. The standard InChI is InChI=1S/C16H13FN.Ir/c1-16(2)13-8-3-4-9-14(13)18-15(16)11-6-5-7-12(17)10-11;/h3-5,7-10H,1-2H3;/q-1;. The molecule has 19 heavy (non-hydrogen) atoms. The van der Waals surface area contributed by atoms with Gasteiger partial charge < -0.3 is 0 Å². The summed E-state index contributed by atoms with van der Waals surface area (Å²) >= 11 is 0. The maximum atomic E-state index is 13.3. The number of aliphatic imine (C=N–C) groups is 1. The Labute approximate surface area is 125 Å². The van der Waals surface area contributed by atoms with Crippen LogP contribution in [0.15, 0.2) is 47.5 Å². The van der Waals surface area contributed by atoms with Crippen molar-refractivity contribution in [1.29, 1.82) is 0 Å². The van der Waals surface area contributed by atoms with E-state index in [1.807, 2.05) is 18.2 Å². The zero-order valence-electron chi connectivity index (χ0n) is 10.7. The van der Waals surface area contributed by atoms with Crippen LogP contribution in [-0.4, -0.2) is 5.71 Å². The normalized spacial score (nSPS) is 15.4. The molecule has 0 bridgehead atoms. The monoisotopic (exact) mass is 431 g/mol. The third kappa shape index (κ3) is 2.29. The zero-order chi connectivity index (χ0) is 12.8. The van der Waals surface area contributed by atoms with Crippen LogP contribution in [0.25, 0.3) is 0 Å². The first kappa shape index (κ1) is 14.1. The number of para-hydroxylation sites is 1. The first-order valence-corrected chi connectivity index (χ1v) is 5.95. The Kier molecular flexibility index (Phi) is 3.71. The molecule has 1 nitrogen and oxygen atoms in total. The summed E-state index contributed by atoms with van der Waals surface area (Å²) < 4.78 is 13.3. The van der Waals surface area contributed by atoms with Gasteiger partial charge in [0.15, 0.2) is 0 Å². The van der Waals surface area contributed by atoms with Crippen LogP contribution in [0.5, 0.6) is 0 Å². The van der Waals surface area contributed by atoms with Gasteiger partial charge in [-0.1, -0.05) is 32.0 Å². The smallest absolute Gasteiger partial charge is 0.0553 e. The molecule has 99 valence electrons. The molecule has 0 unspecified atom stereocenters. The molecular formula is C16H13FIrN-. The molecule has 1 heterocycles. The van der Waals surface area contributed by atoms with Crippen molar-refractivity contribution in [3.8, 4) is 0 Å². The fraction of sp³-hybridized carbons (Fsp3) is 0.188. The quantitative estimate of drug-likeness (QED) is 0.606. The van der Waals surface area contributed by atoms with Crippen molar-refractivity contribution in [2.75, 3.05) is 0 Å². The molecule has 0 aromatic heterocycles. The Bertz CT molecular complexity index is 647. The molecule has 0 atom stereocenters. The van der Waals surface area contributed by atoms with Gasteiger partial charge in [0.1, 0.15) is 0 Å². The summed E-state index contributed by atoms with van der Waals surface area (Å²) in [4.78, 5) is 4.63. The minimum Gasteiger partial charge on any atom is -0.300 e. The van der Waals surface area contributed by atoms with E-state index in [9.17, 15) is 4.39 Å². The number of halogens is 1. The number of hydrogen-bond acceptors (Lipinski definition) is 1. The third-order valence-corrected chi connectivity index (χ3v) is 3.42. The van der Waals surface area contributed by atoms with Gasteiger partial charge in [-0.05, 0) is 17.3 Å². The van der Waals surface area contributed by atoms with Crippen molar-refractivity contribution in [2.24, 2.45) is 4.99 Å². The van der Waals surface area contributed by atoms with Gasteiger partial charge in [-0.15, -0.1) is 29.8 Å². The predicted octanol–water partition coefficient (Wildman–Crippen LogP) is 4.04. The van der Waals surface area contributed by atoms with E-state index in [2.05, 4.69) is 31.0 Å². The summed E-state index contributed by atoms with van der Waals surface area (Å²) in [5.41, 5.74) is 3.55. The minimum absolute atomic E-state index is 0. The van der Waals surface area contributed by atoms with E-state index in [0.29, 0.717) is 0 Å². The number of hydrogen-bond donors (Lipinski definition) is 0. The Hall–Kier alpha value is -1.31. The summed E-state index contributed by atoms with van der Waals surface area (Å²) in [6.07, 6.45) is 0. The summed E-state index contributed by atoms with van der Waals surface area (Å²) in [7, 11) is 0. The van der Waals surface area contributed by atoms with Crippen LogP contribution in [0.2, 0.25) is 0 Å². The van der Waals surface area contributed by atoms with Crippen molar-refractivity contribution >= 4 is 11.4 Å². The summed E-state index contributed by atoms with van der Waals surface area (Å²) in [6.45, 7) is 4.22. The largest absolute Gasteiger partial charge is 0.300 e. The first-order chi connectivity index (χ1) is 8.59. The van der Waals surface area contributed by atoms with E-state index >= 15 is 0 Å². The maximum absolute atomic E-state index is 13.3. The van der Waals surface area contributed by atoms with Crippen molar-refractivity contribution in [2.45, 2.75) is 19.3 Å². The molecule has 3 rings (SSSR count). The molecule has 2 aromatic rings. The van der Waals surface area contributed by atoms with Crippen LogP contribution in [0.4, 0.5) is 10.1 Å². The number of nitrogens with zero attached hydrogens (tertiary/aromatic N) is 1. The second-order valence-electron chi connectivity index (χ2n) is 5.02. The fourth-order valence-corrected chi connectivity index (χ4v) is 2.46. The maximum Gasteiger partial charge on any atom is 0.0553 e. The van der Waals surface area contributed by atoms with Gasteiger partial charge in [0.2, 0.25) is 0 Å². The van der Waals surface area contributed by atoms with E-state index in [1.54, 1.807) is 6.07 Å². The van der Waals surface area contributed by atoms with E-state index in [0.717, 1.165) is 17.0 Å². The average molecular weight is 431 g/mol. The van der Waals surface area contributed by atoms with Crippen molar-refractivity contribution in [3.63, 3.8) is 0 Å². The second-order valence-corrected chi connectivity index (χ2v) is 5.02. The SMILES string of the molecule is CC1(C)C(c2[c-]ccc(F)c2)=Nc2ccccc21.[Ir]. The van der Waals surface area contributed by atoms with Crippen LogP contribution in [0.3, 0.4) is 0 Å². The first-order valence-electron chi connectivity index (χ1n) is 5.95. The molecule has 0 saturated heterocycles. The molecular weight excluding hydrogens is 417 g/mol. The summed E-state index contributed by atoms with van der Waals surface area (Å²) in [5.74, 6) is -0.252. The number of benzene rings is 2. The Balaban J connectivity index is 0.00000133. The molecule has 0 saturated carbocycles. The number of fused-ring (bicyclic) bond motifs is 1. The van der Waals surface area contributed by atoms with E-state index in [-0.39, 0.29) is 31.3 Å². The Morgan fingerprint density at radius 1 is 1.16 bits per heavy atom. The second kappa shape index (κ2) is 4.99. The van der Waals surface area contributed by atoms with E-state index in [1.165, 1.54) is 17.7 Å². The number of rotatable bonds is 1. The van der Waals surface area contributed by atoms with Gasteiger partial charge in [0.05, 0.1) is 5.69 Å². The minimum atomic E-state index is -0.252. The fourth-order valence-electron chi connectivity index (χ4n) is 2.46. The van der Waals surface area contributed by atoms with Crippen molar-refractivity contribution < 1.29 is 24.5 Å². The van der Waals surface area contributed by atoms with Gasteiger partial charge in [-0.2, -0.15) is 0 Å². The van der Waals surface area contributed by atoms with Gasteiger partial charge in [-0.3, -0.25) is 4.99 Å². The molecule has 1 radical (unpaired) electrons. The van der Waals surface area contributed by atoms with E-state index in [4.69, 9.17) is 0 Å². The Morgan fingerprint density at radius 3 is 2.58 bits per heavy atom. The summed E-state index contributed by atoms with van der Waals surface area (Å²) in [6, 6.07) is 15.6. The van der Waals surface area contributed by atoms with Crippen molar-refractivity contribution in [1.82, 2.24) is 0 Å². The van der Waals surface area contributed by atoms with Gasteiger partial charge in [0.25, 0.3) is 0 Å². The molecule has 2 aromatic carbocycles. The van der Waals surface area contributed by atoms with Crippen molar-refractivity contribution in [3.05, 3.63) is 65.5 Å². The van der Waals surface area contributed by atoms with Crippen LogP contribution < -0.4 is 0 Å². The van der Waals surface area contributed by atoms with Gasteiger partial charge >= 0.3 is 0 Å². The van der Waals surface area contributed by atoms with Gasteiger partial charge in [-0.25, -0.2) is 4.39 Å². The molecule has 0 spiro atoms. The molecule has 0 aliphatic carbocycles. The molecule has 1 aliphatic rings. The van der Waals surface area contributed by atoms with Crippen LogP contribution in [0.1, 0.15) is 25.0 Å². The van der Waals surface area contributed by atoms with Crippen LogP contribution in [0, 0.1) is 11.9 Å². The Morgan fingerprint density at radius 2 is 1.89 bits per heavy atom. The molecule has 1 aliphatic heterocycles. The predicted molar refractivity (Wildman–Crippen MR) is 70.9 cm³/mol. The molecule has 0 N–H and O–H groups in total.